The molecule has 2 atom stereocenters. The number of nitrogens with one attached hydrogen (secondary N) is 2. The van der Waals surface area contributed by atoms with Gasteiger partial charge >= 0.3 is 0 Å². The molecule has 2 aliphatic rings. The quantitative estimate of drug-likeness (QED) is 0.143. The molecule has 16 heteroatoms. The molecule has 4 aromatic carbocycles. The third-order valence-electron chi connectivity index (χ3n) is 9.63. The summed E-state index contributed by atoms with van der Waals surface area (Å²) < 4.78 is 50.5. The molecule has 4 heterocycles. The van der Waals surface area contributed by atoms with Crippen molar-refractivity contribution in [1.82, 2.24) is 19.8 Å². The number of ether oxygens (including phenoxy) is 4. The Balaban J connectivity index is 0.000000172. The van der Waals surface area contributed by atoms with E-state index in [0.29, 0.717) is 86.3 Å². The molecule has 12 nitrogen and oxygen atoms in total. The number of methoxy groups -OCH3 is 4. The van der Waals surface area contributed by atoms with Crippen molar-refractivity contribution in [2.75, 3.05) is 65.3 Å². The molecule has 2 fully saturated rings. The van der Waals surface area contributed by atoms with Crippen LogP contribution in [0.1, 0.15) is 33.6 Å². The number of nitrogens with zero attached hydrogens (tertiary/aromatic N) is 4. The van der Waals surface area contributed by atoms with Crippen molar-refractivity contribution in [2.45, 2.75) is 24.9 Å². The molecule has 2 aromatic heterocycles. The average molecular weight is 803 g/mol. The molecule has 8 rings (SSSR count). The molecule has 2 saturated heterocycles. The highest BCUT2D eigenvalue weighted by atomic mass is 32.1. The minimum Gasteiger partial charge on any atom is -0.496 e. The number of aromatic nitrogens is 2. The van der Waals surface area contributed by atoms with Crippen LogP contribution in [0.3, 0.4) is 0 Å². The van der Waals surface area contributed by atoms with Gasteiger partial charge in [0.1, 0.15) is 51.3 Å². The van der Waals surface area contributed by atoms with Crippen molar-refractivity contribution < 1.29 is 37.3 Å². The molecule has 2 amide bonds. The second-order valence-electron chi connectivity index (χ2n) is 13.0. The summed E-state index contributed by atoms with van der Waals surface area (Å²) in [5.74, 6) is 1.10. The summed E-state index contributed by atoms with van der Waals surface area (Å²) in [5, 5.41) is 7.99. The lowest BCUT2D eigenvalue weighted by Gasteiger charge is -2.20. The number of anilines is 2. The van der Waals surface area contributed by atoms with Crippen molar-refractivity contribution in [3.8, 4) is 23.0 Å². The maximum atomic E-state index is 13.9. The SMILES string of the molecule is COc1cccc(OC)c1C(=O)N1CC[C@@H](Nc2nc3c(F)cccc3s2)C1.COc1cccc(OC)c1C(=O)N1CC[C@@H](Nc2nc3cccc(F)c3s2)C1. The first-order chi connectivity index (χ1) is 27.2. The molecule has 292 valence electrons. The Bertz CT molecular complexity index is 2170. The molecule has 0 bridgehead atoms. The van der Waals surface area contributed by atoms with Gasteiger partial charge in [-0.2, -0.15) is 0 Å². The molecule has 0 unspecified atom stereocenters. The summed E-state index contributed by atoms with van der Waals surface area (Å²) in [6.07, 6.45) is 1.56. The Hall–Kier alpha value is -5.74. The van der Waals surface area contributed by atoms with Crippen LogP contribution >= 0.6 is 22.7 Å². The number of likely N-dealkylation sites (tertiary alicyclic amines) is 2. The lowest BCUT2D eigenvalue weighted by Crippen LogP contribution is -2.32. The highest BCUT2D eigenvalue weighted by Gasteiger charge is 2.32. The lowest BCUT2D eigenvalue weighted by atomic mass is 10.1. The molecule has 0 radical (unpaired) electrons. The van der Waals surface area contributed by atoms with Gasteiger partial charge < -0.3 is 39.4 Å². The summed E-state index contributed by atoms with van der Waals surface area (Å²) in [7, 11) is 6.14. The van der Waals surface area contributed by atoms with Crippen LogP contribution in [0.15, 0.2) is 72.8 Å². The number of carbonyl (C=O) groups excluding carboxylic acids is 2. The third-order valence-corrected chi connectivity index (χ3v) is 11.6. The molecule has 0 spiro atoms. The number of thiazole rings is 2. The van der Waals surface area contributed by atoms with Crippen LogP contribution < -0.4 is 29.6 Å². The zero-order chi connectivity index (χ0) is 39.3. The second-order valence-corrected chi connectivity index (χ2v) is 15.1. The Morgan fingerprint density at radius 3 is 1.59 bits per heavy atom. The smallest absolute Gasteiger partial charge is 0.261 e. The number of para-hydroxylation sites is 1. The summed E-state index contributed by atoms with van der Waals surface area (Å²) >= 11 is 2.70. The molecule has 56 heavy (non-hydrogen) atoms. The van der Waals surface area contributed by atoms with Gasteiger partial charge in [0.2, 0.25) is 0 Å². The van der Waals surface area contributed by atoms with Gasteiger partial charge in [-0.1, -0.05) is 46.9 Å². The fourth-order valence-corrected chi connectivity index (χ4v) is 8.77. The number of hydrogen-bond acceptors (Lipinski definition) is 12. The van der Waals surface area contributed by atoms with Crippen molar-refractivity contribution in [2.24, 2.45) is 0 Å². The van der Waals surface area contributed by atoms with E-state index in [9.17, 15) is 18.4 Å². The predicted molar refractivity (Wildman–Crippen MR) is 214 cm³/mol. The summed E-state index contributed by atoms with van der Waals surface area (Å²) in [6, 6.07) is 20.5. The van der Waals surface area contributed by atoms with Crippen molar-refractivity contribution in [3.63, 3.8) is 0 Å². The molecule has 6 aromatic rings. The average Bonchev–Trinajstić information content (AvgIpc) is 4.05. The van der Waals surface area contributed by atoms with Gasteiger partial charge in [0, 0.05) is 38.3 Å². The number of fused-ring (bicyclic) bond motifs is 2. The molecular formula is C40H40F2N6O6S2. The van der Waals surface area contributed by atoms with Crippen molar-refractivity contribution in [1.29, 1.82) is 0 Å². The maximum Gasteiger partial charge on any atom is 0.261 e. The Labute approximate surface area is 330 Å². The largest absolute Gasteiger partial charge is 0.496 e. The van der Waals surface area contributed by atoms with E-state index in [2.05, 4.69) is 20.6 Å². The Morgan fingerprint density at radius 1 is 0.643 bits per heavy atom. The first-order valence-electron chi connectivity index (χ1n) is 17.8. The molecule has 0 aliphatic carbocycles. The molecular weight excluding hydrogens is 763 g/mol. The van der Waals surface area contributed by atoms with Crippen molar-refractivity contribution >= 4 is 65.2 Å². The van der Waals surface area contributed by atoms with Gasteiger partial charge in [0.15, 0.2) is 10.3 Å². The number of benzene rings is 4. The first kappa shape index (κ1) is 38.5. The van der Waals surface area contributed by atoms with Crippen LogP contribution in [-0.2, 0) is 0 Å². The number of amides is 2. The highest BCUT2D eigenvalue weighted by Crippen LogP contribution is 2.34. The number of carbonyl (C=O) groups is 2. The van der Waals surface area contributed by atoms with Crippen LogP contribution in [0.5, 0.6) is 23.0 Å². The van der Waals surface area contributed by atoms with Gasteiger partial charge in [-0.15, -0.1) is 0 Å². The number of halogens is 2. The molecule has 2 aliphatic heterocycles. The minimum atomic E-state index is -0.326. The van der Waals surface area contributed by atoms with Gasteiger partial charge in [0.05, 0.1) is 43.4 Å². The normalized spacial score (nSPS) is 16.4. The summed E-state index contributed by atoms with van der Waals surface area (Å²) in [5.41, 5.74) is 1.86. The van der Waals surface area contributed by atoms with E-state index in [4.69, 9.17) is 18.9 Å². The minimum absolute atomic E-state index is 0.0493. The fraction of sp³-hybridized carbons (Fsp3) is 0.300. The van der Waals surface area contributed by atoms with Gasteiger partial charge in [0.25, 0.3) is 11.8 Å². The van der Waals surface area contributed by atoms with Crippen molar-refractivity contribution in [3.05, 3.63) is 95.6 Å². The van der Waals surface area contributed by atoms with E-state index in [0.717, 1.165) is 17.5 Å². The van der Waals surface area contributed by atoms with E-state index in [1.54, 1.807) is 64.4 Å². The second kappa shape index (κ2) is 17.0. The molecule has 2 N–H and O–H groups in total. The Morgan fingerprint density at radius 2 is 1.11 bits per heavy atom. The fourth-order valence-electron chi connectivity index (χ4n) is 6.87. The number of rotatable bonds is 10. The standard InChI is InChI=1S/2C20H20FN3O3S/c1-26-14-6-4-7-15(27-2)17(14)19(25)24-10-9-12(11-24)22-20-23-18-13(21)5-3-8-16(18)28-20;1-26-15-7-4-8-16(27-2)17(15)19(25)24-10-9-12(11-24)22-20-23-14-6-3-5-13(21)18(14)28-20/h2*3-8,12H,9-11H2,1-2H3,(H,22,23)/t2*12-/m11/s1. The summed E-state index contributed by atoms with van der Waals surface area (Å²) in [6.45, 7) is 2.27. The highest BCUT2D eigenvalue weighted by molar-refractivity contribution is 7.22. The lowest BCUT2D eigenvalue weighted by molar-refractivity contribution is 0.0776. The predicted octanol–water partition coefficient (Wildman–Crippen LogP) is 7.56. The van der Waals surface area contributed by atoms with Crippen LogP contribution in [0.25, 0.3) is 20.4 Å². The zero-order valence-electron chi connectivity index (χ0n) is 31.1. The van der Waals surface area contributed by atoms with E-state index in [1.807, 2.05) is 6.07 Å². The monoisotopic (exact) mass is 802 g/mol. The van der Waals surface area contributed by atoms with Crippen LogP contribution in [0, 0.1) is 11.6 Å². The first-order valence-corrected chi connectivity index (χ1v) is 19.5. The third kappa shape index (κ3) is 7.97. The van der Waals surface area contributed by atoms with Crippen LogP contribution in [-0.4, -0.2) is 98.3 Å². The topological polar surface area (TPSA) is 127 Å². The maximum absolute atomic E-state index is 13.9. The van der Waals surface area contributed by atoms with E-state index < -0.39 is 0 Å². The zero-order valence-corrected chi connectivity index (χ0v) is 32.8. The van der Waals surface area contributed by atoms with E-state index >= 15 is 0 Å². The summed E-state index contributed by atoms with van der Waals surface area (Å²) in [4.78, 5) is 38.5. The molecule has 0 saturated carbocycles. The van der Waals surface area contributed by atoms with Crippen LogP contribution in [0.4, 0.5) is 19.0 Å². The van der Waals surface area contributed by atoms with Gasteiger partial charge in [-0.3, -0.25) is 9.59 Å². The van der Waals surface area contributed by atoms with Gasteiger partial charge in [-0.25, -0.2) is 18.7 Å². The Kier molecular flexibility index (Phi) is 11.7. The van der Waals surface area contributed by atoms with Gasteiger partial charge in [-0.05, 0) is 61.4 Å². The van der Waals surface area contributed by atoms with E-state index in [-0.39, 0.29) is 35.5 Å². The number of hydrogen-bond donors (Lipinski definition) is 2. The van der Waals surface area contributed by atoms with Crippen LogP contribution in [0.2, 0.25) is 0 Å². The van der Waals surface area contributed by atoms with E-state index in [1.165, 1.54) is 63.2 Å².